The summed E-state index contributed by atoms with van der Waals surface area (Å²) in [6.45, 7) is 4.92. The van der Waals surface area contributed by atoms with Crippen LogP contribution in [0.15, 0.2) is 30.6 Å². The summed E-state index contributed by atoms with van der Waals surface area (Å²) in [6, 6.07) is 8.06. The topological polar surface area (TPSA) is 100 Å². The number of hydrogen-bond donors (Lipinski definition) is 2. The third-order valence-electron chi connectivity index (χ3n) is 7.76. The van der Waals surface area contributed by atoms with Gasteiger partial charge in [0.1, 0.15) is 0 Å². The van der Waals surface area contributed by atoms with E-state index in [1.165, 1.54) is 12.8 Å². The van der Waals surface area contributed by atoms with E-state index in [1.807, 2.05) is 35.5 Å². The number of carbonyl (C=O) groups excluding carboxylic acids is 1. The van der Waals surface area contributed by atoms with E-state index in [9.17, 15) is 4.79 Å². The van der Waals surface area contributed by atoms with Crippen LogP contribution in [-0.2, 0) is 4.74 Å². The predicted molar refractivity (Wildman–Crippen MR) is 143 cm³/mol. The number of anilines is 3. The molecule has 2 N–H and O–H groups in total. The van der Waals surface area contributed by atoms with Crippen molar-refractivity contribution in [3.05, 3.63) is 36.2 Å². The quantitative estimate of drug-likeness (QED) is 0.427. The highest BCUT2D eigenvalue weighted by atomic mass is 16.5. The molecule has 0 atom stereocenters. The molecule has 0 radical (unpaired) electrons. The first-order valence-electron chi connectivity index (χ1n) is 13.4. The van der Waals surface area contributed by atoms with E-state index in [1.54, 1.807) is 0 Å². The highest BCUT2D eigenvalue weighted by Gasteiger charge is 2.50. The number of aromatic nitrogens is 4. The van der Waals surface area contributed by atoms with E-state index in [2.05, 4.69) is 34.2 Å². The SMILES string of the molecule is CN(C)CCCNc1nc(Nc2ccc(C(=O)N3CC4(COC4)C3)cc2)c2ncn(C3CCCC3)c2n1. The Bertz CT molecular complexity index is 1250. The molecular weight excluding hydrogens is 468 g/mol. The number of likely N-dealkylation sites (tertiary alicyclic amines) is 1. The van der Waals surface area contributed by atoms with E-state index >= 15 is 0 Å². The van der Waals surface area contributed by atoms with Crippen LogP contribution in [0.25, 0.3) is 11.2 Å². The number of nitrogens with zero attached hydrogens (tertiary/aromatic N) is 6. The lowest BCUT2D eigenvalue weighted by Gasteiger charge is -2.54. The van der Waals surface area contributed by atoms with Crippen molar-refractivity contribution in [3.63, 3.8) is 0 Å². The van der Waals surface area contributed by atoms with E-state index in [0.29, 0.717) is 23.4 Å². The average Bonchev–Trinajstić information content (AvgIpc) is 3.50. The number of rotatable bonds is 9. The van der Waals surface area contributed by atoms with Crippen molar-refractivity contribution in [3.8, 4) is 0 Å². The van der Waals surface area contributed by atoms with Gasteiger partial charge in [-0.2, -0.15) is 9.97 Å². The lowest BCUT2D eigenvalue weighted by Crippen LogP contribution is -2.67. The van der Waals surface area contributed by atoms with E-state index in [0.717, 1.165) is 75.5 Å². The molecule has 1 aromatic carbocycles. The second kappa shape index (κ2) is 9.90. The molecule has 2 saturated heterocycles. The van der Waals surface area contributed by atoms with Gasteiger partial charge in [-0.05, 0) is 64.2 Å². The molecule has 10 heteroatoms. The van der Waals surface area contributed by atoms with Crippen molar-refractivity contribution >= 4 is 34.5 Å². The molecule has 2 aliphatic heterocycles. The van der Waals surface area contributed by atoms with Crippen LogP contribution in [0.5, 0.6) is 0 Å². The van der Waals surface area contributed by atoms with Crippen LogP contribution < -0.4 is 10.6 Å². The Kier molecular flexibility index (Phi) is 6.46. The lowest BCUT2D eigenvalue weighted by molar-refractivity contribution is -0.176. The molecule has 2 aromatic heterocycles. The van der Waals surface area contributed by atoms with Gasteiger partial charge in [0.2, 0.25) is 5.95 Å². The van der Waals surface area contributed by atoms with Gasteiger partial charge in [0.25, 0.3) is 5.91 Å². The fourth-order valence-corrected chi connectivity index (χ4v) is 5.62. The number of fused-ring (bicyclic) bond motifs is 1. The third kappa shape index (κ3) is 4.87. The minimum atomic E-state index is 0.0769. The summed E-state index contributed by atoms with van der Waals surface area (Å²) in [5.41, 5.74) is 3.40. The van der Waals surface area contributed by atoms with Gasteiger partial charge in [0.15, 0.2) is 17.0 Å². The minimum absolute atomic E-state index is 0.0769. The van der Waals surface area contributed by atoms with E-state index < -0.39 is 0 Å². The zero-order chi connectivity index (χ0) is 25.4. The standard InChI is InChI=1S/C27H36N8O2/c1-33(2)13-5-12-28-26-31-23(22-24(32-26)35(18-29-22)21-6-3-4-7-21)30-20-10-8-19(9-11-20)25(36)34-14-27(15-34)16-37-17-27/h8-11,18,21H,3-7,12-17H2,1-2H3,(H2,28,30,31,32). The maximum atomic E-state index is 12.9. The molecule has 6 rings (SSSR count). The van der Waals surface area contributed by atoms with E-state index in [-0.39, 0.29) is 11.3 Å². The smallest absolute Gasteiger partial charge is 0.253 e. The zero-order valence-electron chi connectivity index (χ0n) is 21.7. The maximum absolute atomic E-state index is 12.9. The highest BCUT2D eigenvalue weighted by molar-refractivity contribution is 5.95. The zero-order valence-corrected chi connectivity index (χ0v) is 21.7. The van der Waals surface area contributed by atoms with Crippen molar-refractivity contribution in [1.29, 1.82) is 0 Å². The number of amides is 1. The molecule has 3 aromatic rings. The summed E-state index contributed by atoms with van der Waals surface area (Å²) in [5.74, 6) is 1.35. The number of nitrogens with one attached hydrogen (secondary N) is 2. The summed E-state index contributed by atoms with van der Waals surface area (Å²) in [4.78, 5) is 31.3. The van der Waals surface area contributed by atoms with Crippen LogP contribution in [0.1, 0.15) is 48.5 Å². The van der Waals surface area contributed by atoms with Crippen LogP contribution in [0.4, 0.5) is 17.5 Å². The summed E-state index contributed by atoms with van der Waals surface area (Å²) < 4.78 is 7.54. The summed E-state index contributed by atoms with van der Waals surface area (Å²) in [7, 11) is 4.15. The van der Waals surface area contributed by atoms with Crippen LogP contribution >= 0.6 is 0 Å². The number of hydrogen-bond acceptors (Lipinski definition) is 8. The Morgan fingerprint density at radius 2 is 1.89 bits per heavy atom. The maximum Gasteiger partial charge on any atom is 0.253 e. The molecule has 3 aliphatic rings. The number of benzene rings is 1. The Morgan fingerprint density at radius 1 is 1.14 bits per heavy atom. The van der Waals surface area contributed by atoms with Crippen LogP contribution in [0, 0.1) is 5.41 Å². The van der Waals surface area contributed by atoms with Gasteiger partial charge < -0.3 is 29.7 Å². The van der Waals surface area contributed by atoms with E-state index in [4.69, 9.17) is 19.7 Å². The van der Waals surface area contributed by atoms with Crippen LogP contribution in [0.3, 0.4) is 0 Å². The van der Waals surface area contributed by atoms with Crippen molar-refractivity contribution in [2.24, 2.45) is 5.41 Å². The van der Waals surface area contributed by atoms with Gasteiger partial charge in [0.05, 0.1) is 25.0 Å². The van der Waals surface area contributed by atoms with Crippen LogP contribution in [-0.4, -0.2) is 88.7 Å². The monoisotopic (exact) mass is 504 g/mol. The Labute approximate surface area is 217 Å². The summed E-state index contributed by atoms with van der Waals surface area (Å²) in [5, 5.41) is 6.84. The molecule has 1 amide bonds. The first-order chi connectivity index (χ1) is 18.0. The lowest BCUT2D eigenvalue weighted by atomic mass is 9.78. The minimum Gasteiger partial charge on any atom is -0.380 e. The molecule has 0 unspecified atom stereocenters. The molecule has 196 valence electrons. The molecule has 3 fully saturated rings. The van der Waals surface area contributed by atoms with Gasteiger partial charge in [-0.25, -0.2) is 4.98 Å². The molecular formula is C27H36N8O2. The average molecular weight is 505 g/mol. The highest BCUT2D eigenvalue weighted by Crippen LogP contribution is 2.38. The first-order valence-corrected chi connectivity index (χ1v) is 13.4. The number of carbonyl (C=O) groups is 1. The third-order valence-corrected chi connectivity index (χ3v) is 7.76. The normalized spacial score (nSPS) is 18.8. The van der Waals surface area contributed by atoms with Gasteiger partial charge in [-0.3, -0.25) is 4.79 Å². The second-order valence-corrected chi connectivity index (χ2v) is 11.1. The van der Waals surface area contributed by atoms with Crippen LogP contribution in [0.2, 0.25) is 0 Å². The van der Waals surface area contributed by atoms with Gasteiger partial charge in [0, 0.05) is 36.9 Å². The molecule has 1 aliphatic carbocycles. The van der Waals surface area contributed by atoms with Gasteiger partial charge in [-0.1, -0.05) is 12.8 Å². The fourth-order valence-electron chi connectivity index (χ4n) is 5.62. The van der Waals surface area contributed by atoms with Crippen molar-refractivity contribution in [2.75, 3.05) is 64.1 Å². The molecule has 4 heterocycles. The van der Waals surface area contributed by atoms with Crippen molar-refractivity contribution < 1.29 is 9.53 Å². The fraction of sp³-hybridized carbons (Fsp3) is 0.556. The predicted octanol–water partition coefficient (Wildman–Crippen LogP) is 3.52. The molecule has 37 heavy (non-hydrogen) atoms. The Morgan fingerprint density at radius 3 is 2.57 bits per heavy atom. The van der Waals surface area contributed by atoms with Crippen molar-refractivity contribution in [1.82, 2.24) is 29.3 Å². The number of ether oxygens (including phenoxy) is 1. The summed E-state index contributed by atoms with van der Waals surface area (Å²) in [6.07, 6.45) is 7.71. The molecule has 1 saturated carbocycles. The first kappa shape index (κ1) is 24.1. The van der Waals surface area contributed by atoms with Gasteiger partial charge in [-0.15, -0.1) is 0 Å². The number of imidazole rings is 1. The van der Waals surface area contributed by atoms with Gasteiger partial charge >= 0.3 is 0 Å². The molecule has 0 bridgehead atoms. The van der Waals surface area contributed by atoms with Crippen molar-refractivity contribution in [2.45, 2.75) is 38.1 Å². The molecule has 1 spiro atoms. The second-order valence-electron chi connectivity index (χ2n) is 11.1. The molecule has 10 nitrogen and oxygen atoms in total. The largest absolute Gasteiger partial charge is 0.380 e. The summed E-state index contributed by atoms with van der Waals surface area (Å²) >= 11 is 0. The Balaban J connectivity index is 1.20. The Hall–Kier alpha value is -3.24.